The Morgan fingerprint density at radius 2 is 1.71 bits per heavy atom. The predicted octanol–water partition coefficient (Wildman–Crippen LogP) is 4.93. The molecule has 0 radical (unpaired) electrons. The monoisotopic (exact) mass is 430 g/mol. The summed E-state index contributed by atoms with van der Waals surface area (Å²) in [5, 5.41) is 3.40. The first kappa shape index (κ1) is 20.6. The maximum absolute atomic E-state index is 12.8. The van der Waals surface area contributed by atoms with Crippen molar-refractivity contribution >= 4 is 41.1 Å². The lowest BCUT2D eigenvalue weighted by Crippen LogP contribution is -2.28. The van der Waals surface area contributed by atoms with Crippen LogP contribution < -0.4 is 5.32 Å². The van der Waals surface area contributed by atoms with Crippen molar-refractivity contribution in [1.29, 1.82) is 0 Å². The summed E-state index contributed by atoms with van der Waals surface area (Å²) in [6.07, 6.45) is 1.72. The Kier molecular flexibility index (Phi) is 5.96. The molecule has 0 unspecified atom stereocenters. The summed E-state index contributed by atoms with van der Waals surface area (Å²) in [4.78, 5) is 39.0. The molecule has 0 bridgehead atoms. The van der Waals surface area contributed by atoms with Crippen LogP contribution >= 0.6 is 11.6 Å². The Bertz CT molecular complexity index is 1170. The predicted molar refractivity (Wildman–Crippen MR) is 120 cm³/mol. The van der Waals surface area contributed by atoms with E-state index in [1.54, 1.807) is 54.6 Å². The van der Waals surface area contributed by atoms with Crippen molar-refractivity contribution in [3.05, 3.63) is 106 Å². The van der Waals surface area contributed by atoms with E-state index in [4.69, 9.17) is 11.6 Å². The average Bonchev–Trinajstić information content (AvgIpc) is 3.03. The van der Waals surface area contributed by atoms with Crippen LogP contribution in [0, 0.1) is 0 Å². The standard InChI is InChI=1S/C25H19ClN2O3/c26-21-9-11-22(12-10-21)27-24(30)19-8-4-7-18(13-19)14-20-15-23(29)28(25(20)31)16-17-5-2-1-3-6-17/h1-14H,15-16H2,(H,27,30)/b20-14+. The van der Waals surface area contributed by atoms with E-state index in [0.717, 1.165) is 5.56 Å². The van der Waals surface area contributed by atoms with Gasteiger partial charge in [-0.15, -0.1) is 0 Å². The topological polar surface area (TPSA) is 66.5 Å². The van der Waals surface area contributed by atoms with E-state index in [1.165, 1.54) is 4.90 Å². The van der Waals surface area contributed by atoms with Crippen LogP contribution in [-0.2, 0) is 16.1 Å². The molecular formula is C25H19ClN2O3. The molecule has 1 fully saturated rings. The van der Waals surface area contributed by atoms with Gasteiger partial charge in [0.05, 0.1) is 13.0 Å². The van der Waals surface area contributed by atoms with Gasteiger partial charge in [-0.25, -0.2) is 0 Å². The molecule has 1 N–H and O–H groups in total. The zero-order chi connectivity index (χ0) is 21.8. The van der Waals surface area contributed by atoms with Crippen LogP contribution in [0.2, 0.25) is 5.02 Å². The number of hydrogen-bond acceptors (Lipinski definition) is 3. The highest BCUT2D eigenvalue weighted by Gasteiger charge is 2.33. The summed E-state index contributed by atoms with van der Waals surface area (Å²) in [6, 6.07) is 23.1. The largest absolute Gasteiger partial charge is 0.322 e. The fourth-order valence-electron chi connectivity index (χ4n) is 3.37. The van der Waals surface area contributed by atoms with E-state index < -0.39 is 0 Å². The minimum Gasteiger partial charge on any atom is -0.322 e. The minimum absolute atomic E-state index is 0.0485. The quantitative estimate of drug-likeness (QED) is 0.460. The number of imide groups is 1. The Labute approximate surface area is 185 Å². The number of carbonyl (C=O) groups excluding carboxylic acids is 3. The zero-order valence-corrected chi connectivity index (χ0v) is 17.3. The molecule has 3 aromatic rings. The van der Waals surface area contributed by atoms with E-state index >= 15 is 0 Å². The van der Waals surface area contributed by atoms with Crippen LogP contribution in [0.3, 0.4) is 0 Å². The van der Waals surface area contributed by atoms with Crippen molar-refractivity contribution < 1.29 is 14.4 Å². The van der Waals surface area contributed by atoms with Gasteiger partial charge >= 0.3 is 0 Å². The summed E-state index contributed by atoms with van der Waals surface area (Å²) >= 11 is 5.87. The van der Waals surface area contributed by atoms with E-state index in [2.05, 4.69) is 5.32 Å². The van der Waals surface area contributed by atoms with E-state index in [-0.39, 0.29) is 30.7 Å². The Morgan fingerprint density at radius 3 is 2.45 bits per heavy atom. The molecule has 0 aromatic heterocycles. The van der Waals surface area contributed by atoms with Crippen LogP contribution in [0.1, 0.15) is 27.9 Å². The van der Waals surface area contributed by atoms with Gasteiger partial charge in [0.1, 0.15) is 0 Å². The van der Waals surface area contributed by atoms with Crippen LogP contribution in [0.4, 0.5) is 5.69 Å². The van der Waals surface area contributed by atoms with Gasteiger partial charge in [-0.2, -0.15) is 0 Å². The lowest BCUT2D eigenvalue weighted by atomic mass is 10.1. The van der Waals surface area contributed by atoms with Gasteiger partial charge in [0.15, 0.2) is 0 Å². The fourth-order valence-corrected chi connectivity index (χ4v) is 3.49. The third kappa shape index (κ3) is 4.90. The fraction of sp³-hybridized carbons (Fsp3) is 0.0800. The van der Waals surface area contributed by atoms with E-state index in [9.17, 15) is 14.4 Å². The number of benzene rings is 3. The number of likely N-dealkylation sites (tertiary alicyclic amines) is 1. The first-order valence-electron chi connectivity index (χ1n) is 9.76. The van der Waals surface area contributed by atoms with Gasteiger partial charge in [0, 0.05) is 21.8 Å². The van der Waals surface area contributed by atoms with Crippen molar-refractivity contribution in [1.82, 2.24) is 4.90 Å². The summed E-state index contributed by atoms with van der Waals surface area (Å²) in [5.74, 6) is -0.802. The number of anilines is 1. The number of amides is 3. The summed E-state index contributed by atoms with van der Waals surface area (Å²) in [7, 11) is 0. The highest BCUT2D eigenvalue weighted by atomic mass is 35.5. The van der Waals surface area contributed by atoms with E-state index in [1.807, 2.05) is 30.3 Å². The lowest BCUT2D eigenvalue weighted by molar-refractivity contribution is -0.138. The SMILES string of the molecule is O=C(Nc1ccc(Cl)cc1)c1cccc(/C=C2\CC(=O)N(Cc3ccccc3)C2=O)c1. The molecule has 1 heterocycles. The molecule has 0 aliphatic carbocycles. The van der Waals surface area contributed by atoms with Gasteiger partial charge in [-0.05, 0) is 53.6 Å². The highest BCUT2D eigenvalue weighted by Crippen LogP contribution is 2.24. The molecule has 5 nitrogen and oxygen atoms in total. The molecule has 0 spiro atoms. The number of halogens is 1. The zero-order valence-electron chi connectivity index (χ0n) is 16.5. The van der Waals surface area contributed by atoms with Crippen LogP contribution in [0.5, 0.6) is 0 Å². The molecule has 1 saturated heterocycles. The second-order valence-corrected chi connectivity index (χ2v) is 7.64. The van der Waals surface area contributed by atoms with Crippen molar-refractivity contribution in [3.8, 4) is 0 Å². The molecular weight excluding hydrogens is 412 g/mol. The molecule has 0 saturated carbocycles. The molecule has 0 atom stereocenters. The third-order valence-corrected chi connectivity index (χ3v) is 5.19. The molecule has 1 aliphatic rings. The third-order valence-electron chi connectivity index (χ3n) is 4.94. The van der Waals surface area contributed by atoms with Crippen LogP contribution in [0.25, 0.3) is 6.08 Å². The van der Waals surface area contributed by atoms with Crippen molar-refractivity contribution in [2.45, 2.75) is 13.0 Å². The first-order valence-corrected chi connectivity index (χ1v) is 10.1. The minimum atomic E-state index is -0.301. The van der Waals surface area contributed by atoms with Crippen molar-refractivity contribution in [3.63, 3.8) is 0 Å². The number of carbonyl (C=O) groups is 3. The molecule has 1 aliphatic heterocycles. The maximum Gasteiger partial charge on any atom is 0.257 e. The first-order chi connectivity index (χ1) is 15.0. The maximum atomic E-state index is 12.8. The Hall–Kier alpha value is -3.70. The second-order valence-electron chi connectivity index (χ2n) is 7.20. The smallest absolute Gasteiger partial charge is 0.257 e. The van der Waals surface area contributed by atoms with Gasteiger partial charge in [-0.3, -0.25) is 19.3 Å². The van der Waals surface area contributed by atoms with Gasteiger partial charge < -0.3 is 5.32 Å². The number of nitrogens with one attached hydrogen (secondary N) is 1. The van der Waals surface area contributed by atoms with Gasteiger partial charge in [0.25, 0.3) is 11.8 Å². The normalized spacial score (nSPS) is 14.9. The molecule has 3 aromatic carbocycles. The summed E-state index contributed by atoms with van der Waals surface area (Å²) in [5.41, 5.74) is 3.07. The van der Waals surface area contributed by atoms with Gasteiger partial charge in [0.2, 0.25) is 5.91 Å². The number of nitrogens with zero attached hydrogens (tertiary/aromatic N) is 1. The molecule has 3 amide bonds. The van der Waals surface area contributed by atoms with Crippen molar-refractivity contribution in [2.75, 3.05) is 5.32 Å². The average molecular weight is 431 g/mol. The molecule has 6 heteroatoms. The number of rotatable bonds is 5. The van der Waals surface area contributed by atoms with Crippen LogP contribution in [-0.4, -0.2) is 22.6 Å². The summed E-state index contributed by atoms with van der Waals surface area (Å²) in [6.45, 7) is 0.249. The van der Waals surface area contributed by atoms with E-state index in [0.29, 0.717) is 27.4 Å². The van der Waals surface area contributed by atoms with Gasteiger partial charge in [-0.1, -0.05) is 54.1 Å². The highest BCUT2D eigenvalue weighted by molar-refractivity contribution is 6.30. The van der Waals surface area contributed by atoms with Crippen LogP contribution in [0.15, 0.2) is 84.4 Å². The molecule has 4 rings (SSSR count). The molecule has 154 valence electrons. The Balaban J connectivity index is 1.50. The Morgan fingerprint density at radius 1 is 0.968 bits per heavy atom. The second kappa shape index (κ2) is 8.98. The lowest BCUT2D eigenvalue weighted by Gasteiger charge is -2.13. The molecule has 31 heavy (non-hydrogen) atoms. The van der Waals surface area contributed by atoms with Crippen molar-refractivity contribution in [2.24, 2.45) is 0 Å². The number of hydrogen-bond donors (Lipinski definition) is 1. The summed E-state index contributed by atoms with van der Waals surface area (Å²) < 4.78 is 0.